The quantitative estimate of drug-likeness (QED) is 0.842. The van der Waals surface area contributed by atoms with Gasteiger partial charge in [-0.3, -0.25) is 0 Å². The van der Waals surface area contributed by atoms with Gasteiger partial charge in [0.15, 0.2) is 0 Å². The van der Waals surface area contributed by atoms with Crippen LogP contribution in [0.25, 0.3) is 0 Å². The summed E-state index contributed by atoms with van der Waals surface area (Å²) in [5.41, 5.74) is 1.08. The zero-order valence-corrected chi connectivity index (χ0v) is 12.6. The van der Waals surface area contributed by atoms with E-state index in [1.165, 1.54) is 0 Å². The molecule has 2 heterocycles. The van der Waals surface area contributed by atoms with Crippen molar-refractivity contribution in [2.24, 2.45) is 0 Å². The SMILES string of the molecule is CCCc1nc(NC)c(C)c(Sc2ccoc2C)n1. The van der Waals surface area contributed by atoms with Gasteiger partial charge in [0.05, 0.1) is 11.2 Å². The maximum atomic E-state index is 5.33. The fourth-order valence-corrected chi connectivity index (χ4v) is 2.73. The summed E-state index contributed by atoms with van der Waals surface area (Å²) in [6.45, 7) is 6.14. The summed E-state index contributed by atoms with van der Waals surface area (Å²) >= 11 is 1.63. The second kappa shape index (κ2) is 6.10. The summed E-state index contributed by atoms with van der Waals surface area (Å²) in [6, 6.07) is 1.97. The second-order valence-corrected chi connectivity index (χ2v) is 5.39. The molecule has 102 valence electrons. The number of anilines is 1. The van der Waals surface area contributed by atoms with E-state index in [-0.39, 0.29) is 0 Å². The number of furan rings is 1. The number of nitrogens with zero attached hydrogens (tertiary/aromatic N) is 2. The van der Waals surface area contributed by atoms with Crippen molar-refractivity contribution in [3.8, 4) is 0 Å². The van der Waals surface area contributed by atoms with Crippen molar-refractivity contribution >= 4 is 17.6 Å². The molecule has 2 aromatic heterocycles. The minimum atomic E-state index is 0.890. The molecule has 19 heavy (non-hydrogen) atoms. The number of aryl methyl sites for hydroxylation is 2. The van der Waals surface area contributed by atoms with Gasteiger partial charge in [-0.15, -0.1) is 0 Å². The summed E-state index contributed by atoms with van der Waals surface area (Å²) in [5, 5.41) is 4.13. The van der Waals surface area contributed by atoms with E-state index in [9.17, 15) is 0 Å². The normalized spacial score (nSPS) is 10.7. The maximum Gasteiger partial charge on any atom is 0.133 e. The highest BCUT2D eigenvalue weighted by Crippen LogP contribution is 2.33. The van der Waals surface area contributed by atoms with E-state index in [2.05, 4.69) is 22.2 Å². The lowest BCUT2D eigenvalue weighted by atomic mass is 10.3. The van der Waals surface area contributed by atoms with E-state index >= 15 is 0 Å². The molecule has 0 saturated heterocycles. The van der Waals surface area contributed by atoms with Crippen molar-refractivity contribution in [2.75, 3.05) is 12.4 Å². The van der Waals surface area contributed by atoms with Crippen LogP contribution in [0.5, 0.6) is 0 Å². The largest absolute Gasteiger partial charge is 0.468 e. The van der Waals surface area contributed by atoms with Crippen molar-refractivity contribution in [1.82, 2.24) is 9.97 Å². The Morgan fingerprint density at radius 3 is 2.68 bits per heavy atom. The van der Waals surface area contributed by atoms with E-state index in [1.807, 2.05) is 27.0 Å². The first-order chi connectivity index (χ1) is 9.15. The summed E-state index contributed by atoms with van der Waals surface area (Å²) in [4.78, 5) is 10.3. The molecule has 0 aliphatic rings. The third-order valence-corrected chi connectivity index (χ3v) is 4.11. The highest BCUT2D eigenvalue weighted by Gasteiger charge is 2.13. The van der Waals surface area contributed by atoms with Gasteiger partial charge in [-0.1, -0.05) is 18.7 Å². The number of hydrogen-bond donors (Lipinski definition) is 1. The summed E-state index contributed by atoms with van der Waals surface area (Å²) in [6.07, 6.45) is 3.65. The van der Waals surface area contributed by atoms with Crippen LogP contribution in [0.1, 0.15) is 30.5 Å². The van der Waals surface area contributed by atoms with E-state index < -0.39 is 0 Å². The Hall–Kier alpha value is -1.49. The van der Waals surface area contributed by atoms with E-state index in [1.54, 1.807) is 18.0 Å². The minimum absolute atomic E-state index is 0.890. The Bertz CT molecular complexity index is 566. The van der Waals surface area contributed by atoms with Gasteiger partial charge in [0.2, 0.25) is 0 Å². The molecular formula is C14H19N3OS. The fraction of sp³-hybridized carbons (Fsp3) is 0.429. The lowest BCUT2D eigenvalue weighted by molar-refractivity contribution is 0.527. The molecule has 0 radical (unpaired) electrons. The van der Waals surface area contributed by atoms with Gasteiger partial charge in [0, 0.05) is 19.0 Å². The Kier molecular flexibility index (Phi) is 4.47. The third-order valence-electron chi connectivity index (χ3n) is 2.88. The van der Waals surface area contributed by atoms with Gasteiger partial charge >= 0.3 is 0 Å². The number of rotatable bonds is 5. The fourth-order valence-electron chi connectivity index (χ4n) is 1.80. The lowest BCUT2D eigenvalue weighted by Crippen LogP contribution is -2.04. The van der Waals surface area contributed by atoms with Gasteiger partial charge in [-0.25, -0.2) is 9.97 Å². The highest BCUT2D eigenvalue weighted by molar-refractivity contribution is 7.99. The molecule has 0 aromatic carbocycles. The second-order valence-electron chi connectivity index (χ2n) is 4.36. The number of aromatic nitrogens is 2. The van der Waals surface area contributed by atoms with Crippen molar-refractivity contribution in [2.45, 2.75) is 43.5 Å². The third kappa shape index (κ3) is 3.10. The standard InChI is InChI=1S/C14H19N3OS/c1-5-6-12-16-13(15-4)9(2)14(17-12)19-11-7-8-18-10(11)3/h7-8H,5-6H2,1-4H3,(H,15,16,17). The topological polar surface area (TPSA) is 51.0 Å². The Morgan fingerprint density at radius 1 is 1.32 bits per heavy atom. The van der Waals surface area contributed by atoms with Crippen molar-refractivity contribution in [3.63, 3.8) is 0 Å². The molecule has 1 N–H and O–H groups in total. The van der Waals surface area contributed by atoms with Gasteiger partial charge in [-0.2, -0.15) is 0 Å². The predicted octanol–water partition coefficient (Wildman–Crippen LogP) is 3.83. The van der Waals surface area contributed by atoms with Crippen LogP contribution in [0.4, 0.5) is 5.82 Å². The summed E-state index contributed by atoms with van der Waals surface area (Å²) in [7, 11) is 1.89. The van der Waals surface area contributed by atoms with Gasteiger partial charge in [0.25, 0.3) is 0 Å². The molecule has 0 atom stereocenters. The lowest BCUT2D eigenvalue weighted by Gasteiger charge is -2.11. The molecule has 0 spiro atoms. The number of nitrogens with one attached hydrogen (secondary N) is 1. The molecule has 4 nitrogen and oxygen atoms in total. The van der Waals surface area contributed by atoms with Gasteiger partial charge in [0.1, 0.15) is 22.4 Å². The van der Waals surface area contributed by atoms with E-state index in [4.69, 9.17) is 4.42 Å². The molecule has 5 heteroatoms. The molecule has 2 aromatic rings. The van der Waals surface area contributed by atoms with Crippen LogP contribution in [0, 0.1) is 13.8 Å². The average Bonchev–Trinajstić information content (AvgIpc) is 2.79. The zero-order valence-electron chi connectivity index (χ0n) is 11.8. The maximum absolute atomic E-state index is 5.33. The van der Waals surface area contributed by atoms with Crippen LogP contribution in [-0.4, -0.2) is 17.0 Å². The van der Waals surface area contributed by atoms with Crippen molar-refractivity contribution in [1.29, 1.82) is 0 Å². The molecule has 0 amide bonds. The number of hydrogen-bond acceptors (Lipinski definition) is 5. The Balaban J connectivity index is 2.37. The van der Waals surface area contributed by atoms with Crippen molar-refractivity contribution < 1.29 is 4.42 Å². The molecule has 0 saturated carbocycles. The molecular weight excluding hydrogens is 258 g/mol. The van der Waals surface area contributed by atoms with E-state index in [0.717, 1.165) is 45.7 Å². The molecule has 0 bridgehead atoms. The monoisotopic (exact) mass is 277 g/mol. The predicted molar refractivity (Wildman–Crippen MR) is 77.9 cm³/mol. The molecule has 0 aliphatic heterocycles. The Morgan fingerprint density at radius 2 is 2.11 bits per heavy atom. The van der Waals surface area contributed by atoms with Crippen LogP contribution < -0.4 is 5.32 Å². The first-order valence-corrected chi connectivity index (χ1v) is 7.24. The first kappa shape index (κ1) is 13.9. The molecule has 0 fully saturated rings. The molecule has 0 unspecified atom stereocenters. The Labute approximate surface area is 118 Å². The zero-order chi connectivity index (χ0) is 13.8. The molecule has 2 rings (SSSR count). The van der Waals surface area contributed by atoms with Crippen LogP contribution in [0.15, 0.2) is 26.7 Å². The van der Waals surface area contributed by atoms with Crippen LogP contribution in [-0.2, 0) is 6.42 Å². The van der Waals surface area contributed by atoms with Gasteiger partial charge in [-0.05, 0) is 26.3 Å². The van der Waals surface area contributed by atoms with Crippen LogP contribution in [0.3, 0.4) is 0 Å². The molecule has 0 aliphatic carbocycles. The highest BCUT2D eigenvalue weighted by atomic mass is 32.2. The van der Waals surface area contributed by atoms with Crippen LogP contribution >= 0.6 is 11.8 Å². The summed E-state index contributed by atoms with van der Waals surface area (Å²) in [5.74, 6) is 2.72. The average molecular weight is 277 g/mol. The van der Waals surface area contributed by atoms with Crippen LogP contribution in [0.2, 0.25) is 0 Å². The summed E-state index contributed by atoms with van der Waals surface area (Å²) < 4.78 is 5.33. The van der Waals surface area contributed by atoms with Crippen molar-refractivity contribution in [3.05, 3.63) is 29.5 Å². The van der Waals surface area contributed by atoms with Gasteiger partial charge < -0.3 is 9.73 Å². The first-order valence-electron chi connectivity index (χ1n) is 6.43. The smallest absolute Gasteiger partial charge is 0.133 e. The minimum Gasteiger partial charge on any atom is -0.468 e. The van der Waals surface area contributed by atoms with E-state index in [0.29, 0.717) is 0 Å².